The Hall–Kier alpha value is -0.0700. The third-order valence-electron chi connectivity index (χ3n) is 2.10. The fraction of sp³-hybridized carbons (Fsp3) is 0.364. The monoisotopic (exact) mass is 338 g/mol. The van der Waals surface area contributed by atoms with Gasteiger partial charge in [0.2, 0.25) is 0 Å². The molecule has 1 aromatic carbocycles. The molecule has 2 atom stereocenters. The van der Waals surface area contributed by atoms with E-state index in [4.69, 9.17) is 11.6 Å². The van der Waals surface area contributed by atoms with Gasteiger partial charge in [-0.05, 0) is 17.7 Å². The molecule has 6 heteroatoms. The smallest absolute Gasteiger partial charge is 0.185 e. The van der Waals surface area contributed by atoms with Crippen molar-refractivity contribution in [3.63, 3.8) is 0 Å². The summed E-state index contributed by atoms with van der Waals surface area (Å²) in [5, 5.41) is 20.1. The Morgan fingerprint density at radius 1 is 1.53 bits per heavy atom. The highest BCUT2D eigenvalue weighted by Crippen LogP contribution is 2.29. The van der Waals surface area contributed by atoms with Crippen LogP contribution in [0.4, 0.5) is 0 Å². The van der Waals surface area contributed by atoms with Crippen LogP contribution in [0.5, 0.6) is 0 Å². The highest BCUT2D eigenvalue weighted by atomic mass is 79.9. The fourth-order valence-corrected chi connectivity index (χ4v) is 2.75. The van der Waals surface area contributed by atoms with E-state index in [-0.39, 0.29) is 10.9 Å². The zero-order valence-corrected chi connectivity index (χ0v) is 12.2. The first-order valence-electron chi connectivity index (χ1n) is 4.86. The van der Waals surface area contributed by atoms with Crippen molar-refractivity contribution in [2.24, 2.45) is 0 Å². The van der Waals surface area contributed by atoms with Crippen LogP contribution < -0.4 is 0 Å². The van der Waals surface area contributed by atoms with Crippen LogP contribution >= 0.6 is 39.3 Å². The number of hydrogen-bond acceptors (Lipinski definition) is 4. The highest BCUT2D eigenvalue weighted by molar-refractivity contribution is 9.10. The second kappa shape index (κ2) is 6.75. The lowest BCUT2D eigenvalue weighted by Crippen LogP contribution is -2.21. The summed E-state index contributed by atoms with van der Waals surface area (Å²) in [6.07, 6.45) is -2.05. The summed E-state index contributed by atoms with van der Waals surface area (Å²) in [5.41, 5.74) is 0.547. The average Bonchev–Trinajstić information content (AvgIpc) is 2.25. The fourth-order valence-electron chi connectivity index (χ4n) is 1.24. The molecule has 1 aromatic rings. The van der Waals surface area contributed by atoms with Crippen LogP contribution in [-0.4, -0.2) is 27.2 Å². The van der Waals surface area contributed by atoms with E-state index in [2.05, 4.69) is 15.9 Å². The van der Waals surface area contributed by atoms with E-state index >= 15 is 0 Å². The molecule has 3 nitrogen and oxygen atoms in total. The van der Waals surface area contributed by atoms with Gasteiger partial charge in [0.25, 0.3) is 0 Å². The number of carbonyl (C=O) groups excluding carboxylic acids is 1. The molecule has 0 aromatic heterocycles. The number of aliphatic hydroxyl groups is 2. The molecule has 2 unspecified atom stereocenters. The van der Waals surface area contributed by atoms with Gasteiger partial charge < -0.3 is 10.2 Å². The zero-order valence-electron chi connectivity index (χ0n) is 9.06. The summed E-state index contributed by atoms with van der Waals surface area (Å²) in [6.45, 7) is 1.42. The van der Waals surface area contributed by atoms with Crippen molar-refractivity contribution < 1.29 is 15.0 Å². The normalized spacial score (nSPS) is 14.4. The maximum atomic E-state index is 10.8. The van der Waals surface area contributed by atoms with Crippen molar-refractivity contribution in [3.05, 3.63) is 33.3 Å². The van der Waals surface area contributed by atoms with Gasteiger partial charge in [0, 0.05) is 22.2 Å². The summed E-state index contributed by atoms with van der Waals surface area (Å²) >= 11 is 10.0. The molecule has 17 heavy (non-hydrogen) atoms. The Balaban J connectivity index is 2.74. The van der Waals surface area contributed by atoms with Gasteiger partial charge >= 0.3 is 0 Å². The number of halogens is 2. The zero-order chi connectivity index (χ0) is 13.0. The molecule has 0 amide bonds. The molecule has 0 bridgehead atoms. The lowest BCUT2D eigenvalue weighted by Gasteiger charge is -2.18. The molecule has 0 fully saturated rings. The van der Waals surface area contributed by atoms with Crippen molar-refractivity contribution in [1.82, 2.24) is 0 Å². The number of rotatable bonds is 4. The molecule has 0 radical (unpaired) electrons. The molecule has 0 aliphatic carbocycles. The summed E-state index contributed by atoms with van der Waals surface area (Å²) < 4.78 is 0.629. The minimum absolute atomic E-state index is 0.0913. The second-order valence-corrected chi connectivity index (χ2v) is 5.97. The standard InChI is InChI=1S/C11H12BrClO3S/c1-6(14)17-5-10(15)11(16)8-3-2-7(13)4-9(8)12/h2-4,10-11,15-16H,5H2,1H3. The van der Waals surface area contributed by atoms with Crippen molar-refractivity contribution in [2.75, 3.05) is 5.75 Å². The van der Waals surface area contributed by atoms with Gasteiger partial charge in [-0.2, -0.15) is 0 Å². The predicted molar refractivity (Wildman–Crippen MR) is 73.3 cm³/mol. The Kier molecular flexibility index (Phi) is 5.95. The molecule has 94 valence electrons. The van der Waals surface area contributed by atoms with Gasteiger partial charge in [0.05, 0.1) is 6.10 Å². The van der Waals surface area contributed by atoms with Crippen LogP contribution in [0, 0.1) is 0 Å². The molecule has 0 heterocycles. The maximum Gasteiger partial charge on any atom is 0.185 e. The van der Waals surface area contributed by atoms with Crippen LogP contribution in [0.1, 0.15) is 18.6 Å². The maximum absolute atomic E-state index is 10.8. The van der Waals surface area contributed by atoms with E-state index < -0.39 is 12.2 Å². The molecule has 0 spiro atoms. The molecule has 0 saturated carbocycles. The van der Waals surface area contributed by atoms with E-state index in [1.807, 2.05) is 0 Å². The first-order valence-corrected chi connectivity index (χ1v) is 7.02. The summed E-state index contributed by atoms with van der Waals surface area (Å²) in [6, 6.07) is 4.92. The van der Waals surface area contributed by atoms with E-state index in [9.17, 15) is 15.0 Å². The Labute approximate surface area is 117 Å². The Morgan fingerprint density at radius 2 is 2.18 bits per heavy atom. The summed E-state index contributed by atoms with van der Waals surface area (Å²) in [7, 11) is 0. The molecular weight excluding hydrogens is 328 g/mol. The van der Waals surface area contributed by atoms with Gasteiger partial charge in [-0.25, -0.2) is 0 Å². The van der Waals surface area contributed by atoms with E-state index in [1.165, 1.54) is 6.92 Å². The van der Waals surface area contributed by atoms with Gasteiger partial charge in [-0.3, -0.25) is 4.79 Å². The lowest BCUT2D eigenvalue weighted by atomic mass is 10.1. The second-order valence-electron chi connectivity index (χ2n) is 3.48. The van der Waals surface area contributed by atoms with Crippen molar-refractivity contribution in [2.45, 2.75) is 19.1 Å². The van der Waals surface area contributed by atoms with Crippen molar-refractivity contribution in [1.29, 1.82) is 0 Å². The summed E-state index contributed by atoms with van der Waals surface area (Å²) in [5.74, 6) is 0.158. The van der Waals surface area contributed by atoms with Gasteiger partial charge in [0.15, 0.2) is 5.12 Å². The predicted octanol–water partition coefficient (Wildman–Crippen LogP) is 2.78. The third kappa shape index (κ3) is 4.60. The molecular formula is C11H12BrClO3S. The van der Waals surface area contributed by atoms with Gasteiger partial charge in [0.1, 0.15) is 6.10 Å². The molecule has 0 aliphatic rings. The number of carbonyl (C=O) groups is 1. The van der Waals surface area contributed by atoms with Crippen LogP contribution in [-0.2, 0) is 4.79 Å². The van der Waals surface area contributed by atoms with E-state index in [1.54, 1.807) is 18.2 Å². The minimum Gasteiger partial charge on any atom is -0.389 e. The SMILES string of the molecule is CC(=O)SCC(O)C(O)c1ccc(Cl)cc1Br. The minimum atomic E-state index is -1.05. The first kappa shape index (κ1) is 15.0. The first-order chi connectivity index (χ1) is 7.91. The van der Waals surface area contributed by atoms with Crippen LogP contribution in [0.25, 0.3) is 0 Å². The number of thioether (sulfide) groups is 1. The molecule has 1 rings (SSSR count). The largest absolute Gasteiger partial charge is 0.389 e. The number of hydrogen-bond donors (Lipinski definition) is 2. The quantitative estimate of drug-likeness (QED) is 0.885. The highest BCUT2D eigenvalue weighted by Gasteiger charge is 2.21. The third-order valence-corrected chi connectivity index (χ3v) is 3.94. The van der Waals surface area contributed by atoms with Gasteiger partial charge in [-0.15, -0.1) is 0 Å². The summed E-state index contributed by atoms with van der Waals surface area (Å²) in [4.78, 5) is 10.8. The van der Waals surface area contributed by atoms with E-state index in [0.29, 0.717) is 15.1 Å². The number of aliphatic hydroxyl groups excluding tert-OH is 2. The lowest BCUT2D eigenvalue weighted by molar-refractivity contribution is -0.109. The van der Waals surface area contributed by atoms with Crippen LogP contribution in [0.3, 0.4) is 0 Å². The average molecular weight is 340 g/mol. The van der Waals surface area contributed by atoms with Gasteiger partial charge in [-0.1, -0.05) is 45.4 Å². The Morgan fingerprint density at radius 3 is 2.71 bits per heavy atom. The molecule has 2 N–H and O–H groups in total. The Bertz CT molecular complexity index is 414. The van der Waals surface area contributed by atoms with Crippen molar-refractivity contribution in [3.8, 4) is 0 Å². The van der Waals surface area contributed by atoms with Crippen LogP contribution in [0.15, 0.2) is 22.7 Å². The number of benzene rings is 1. The van der Waals surface area contributed by atoms with Crippen LogP contribution in [0.2, 0.25) is 5.02 Å². The van der Waals surface area contributed by atoms with Crippen molar-refractivity contribution >= 4 is 44.4 Å². The molecule has 0 saturated heterocycles. The molecule has 0 aliphatic heterocycles. The topological polar surface area (TPSA) is 57.5 Å². The van der Waals surface area contributed by atoms with E-state index in [0.717, 1.165) is 11.8 Å².